The molecule has 108 valence electrons. The zero-order valence-electron chi connectivity index (χ0n) is 12.9. The first-order valence-electron chi connectivity index (χ1n) is 7.66. The van der Waals surface area contributed by atoms with Gasteiger partial charge in [-0.1, -0.05) is 47.0 Å². The average molecular weight is 264 g/mol. The topological polar surface area (TPSA) is 34.9 Å². The van der Waals surface area contributed by atoms with Gasteiger partial charge in [-0.25, -0.2) is 4.68 Å². The fraction of sp³-hybridized carbons (Fsp3) is 0.750. The lowest BCUT2D eigenvalue weighted by atomic mass is 9.93. The van der Waals surface area contributed by atoms with E-state index in [4.69, 9.17) is 0 Å². The Hall–Kier alpha value is -1.12. The molecule has 0 spiro atoms. The molecule has 0 fully saturated rings. The Morgan fingerprint density at radius 3 is 2.47 bits per heavy atom. The Bertz CT molecular complexity index is 423. The molecule has 1 heterocycles. The first kappa shape index (κ1) is 15.9. The number of hydrogen-bond acceptors (Lipinski definition) is 2. The Labute approximate surface area is 117 Å². The minimum atomic E-state index is 0.0168. The SMILES string of the molecule is CCCCC(CCC)c1ccc(=O)n(CC(C)C)n1. The van der Waals surface area contributed by atoms with E-state index in [9.17, 15) is 4.79 Å². The third-order valence-corrected chi connectivity index (χ3v) is 3.39. The zero-order valence-corrected chi connectivity index (χ0v) is 12.9. The third kappa shape index (κ3) is 5.17. The standard InChI is InChI=1S/C16H28N2O/c1-5-7-9-14(8-6-2)15-10-11-16(19)18(17-15)12-13(3)4/h10-11,13-14H,5-9,12H2,1-4H3. The Kier molecular flexibility index (Phi) is 6.82. The van der Waals surface area contributed by atoms with E-state index in [0.717, 1.165) is 12.1 Å². The van der Waals surface area contributed by atoms with Crippen LogP contribution in [0.1, 0.15) is 71.4 Å². The molecule has 0 saturated carbocycles. The van der Waals surface area contributed by atoms with E-state index in [1.165, 1.54) is 25.7 Å². The van der Waals surface area contributed by atoms with Crippen molar-refractivity contribution in [1.82, 2.24) is 9.78 Å². The van der Waals surface area contributed by atoms with Crippen LogP contribution in [-0.2, 0) is 6.54 Å². The highest BCUT2D eigenvalue weighted by atomic mass is 16.1. The first-order valence-corrected chi connectivity index (χ1v) is 7.66. The summed E-state index contributed by atoms with van der Waals surface area (Å²) in [6, 6.07) is 3.61. The summed E-state index contributed by atoms with van der Waals surface area (Å²) in [4.78, 5) is 11.8. The van der Waals surface area contributed by atoms with E-state index in [1.54, 1.807) is 10.7 Å². The molecule has 0 aliphatic heterocycles. The molecule has 3 nitrogen and oxygen atoms in total. The molecule has 19 heavy (non-hydrogen) atoms. The fourth-order valence-electron chi connectivity index (χ4n) is 2.40. The number of rotatable bonds is 8. The second-order valence-corrected chi connectivity index (χ2v) is 5.80. The summed E-state index contributed by atoms with van der Waals surface area (Å²) in [5, 5.41) is 4.59. The molecule has 0 aromatic carbocycles. The van der Waals surface area contributed by atoms with Gasteiger partial charge in [-0.05, 0) is 24.8 Å². The molecule has 0 aliphatic carbocycles. The van der Waals surface area contributed by atoms with Gasteiger partial charge in [0.25, 0.3) is 5.56 Å². The number of hydrogen-bond donors (Lipinski definition) is 0. The monoisotopic (exact) mass is 264 g/mol. The van der Waals surface area contributed by atoms with Gasteiger partial charge in [-0.2, -0.15) is 5.10 Å². The number of unbranched alkanes of at least 4 members (excludes halogenated alkanes) is 1. The Morgan fingerprint density at radius 2 is 1.89 bits per heavy atom. The summed E-state index contributed by atoms with van der Waals surface area (Å²) >= 11 is 0. The van der Waals surface area contributed by atoms with Crippen molar-refractivity contribution in [1.29, 1.82) is 0 Å². The fourth-order valence-corrected chi connectivity index (χ4v) is 2.40. The van der Waals surface area contributed by atoms with E-state index < -0.39 is 0 Å². The van der Waals surface area contributed by atoms with E-state index in [2.05, 4.69) is 32.8 Å². The number of aromatic nitrogens is 2. The summed E-state index contributed by atoms with van der Waals surface area (Å²) in [5.41, 5.74) is 1.11. The van der Waals surface area contributed by atoms with Crippen molar-refractivity contribution >= 4 is 0 Å². The second-order valence-electron chi connectivity index (χ2n) is 5.80. The van der Waals surface area contributed by atoms with Crippen LogP contribution in [0.25, 0.3) is 0 Å². The molecule has 0 aliphatic rings. The van der Waals surface area contributed by atoms with Crippen molar-refractivity contribution in [2.45, 2.75) is 72.3 Å². The molecule has 0 N–H and O–H groups in total. The van der Waals surface area contributed by atoms with E-state index >= 15 is 0 Å². The summed E-state index contributed by atoms with van der Waals surface area (Å²) in [7, 11) is 0. The molecule has 0 saturated heterocycles. The lowest BCUT2D eigenvalue weighted by Crippen LogP contribution is -2.26. The molecule has 0 amide bonds. The summed E-state index contributed by atoms with van der Waals surface area (Å²) in [6.07, 6.45) is 5.95. The predicted octanol–water partition coefficient (Wildman–Crippen LogP) is 3.97. The van der Waals surface area contributed by atoms with Crippen molar-refractivity contribution in [3.63, 3.8) is 0 Å². The molecule has 1 atom stereocenters. The van der Waals surface area contributed by atoms with Crippen LogP contribution in [0.2, 0.25) is 0 Å². The summed E-state index contributed by atoms with van der Waals surface area (Å²) in [5.74, 6) is 0.949. The number of nitrogens with zero attached hydrogens (tertiary/aromatic N) is 2. The van der Waals surface area contributed by atoms with Crippen LogP contribution in [-0.4, -0.2) is 9.78 Å². The molecular weight excluding hydrogens is 236 g/mol. The largest absolute Gasteiger partial charge is 0.268 e. The Morgan fingerprint density at radius 1 is 1.16 bits per heavy atom. The van der Waals surface area contributed by atoms with E-state index in [1.807, 2.05) is 6.07 Å². The second kappa shape index (κ2) is 8.13. The van der Waals surface area contributed by atoms with Gasteiger partial charge in [0.1, 0.15) is 0 Å². The predicted molar refractivity (Wildman–Crippen MR) is 80.5 cm³/mol. The summed E-state index contributed by atoms with van der Waals surface area (Å²) < 4.78 is 1.63. The quantitative estimate of drug-likeness (QED) is 0.712. The van der Waals surface area contributed by atoms with Crippen LogP contribution in [0.15, 0.2) is 16.9 Å². The van der Waals surface area contributed by atoms with Crippen molar-refractivity contribution in [3.8, 4) is 0 Å². The van der Waals surface area contributed by atoms with E-state index in [-0.39, 0.29) is 5.56 Å². The van der Waals surface area contributed by atoms with Gasteiger partial charge in [0.05, 0.1) is 5.69 Å². The molecule has 0 radical (unpaired) electrons. The maximum absolute atomic E-state index is 11.8. The van der Waals surface area contributed by atoms with Crippen LogP contribution in [0, 0.1) is 5.92 Å². The molecule has 0 bridgehead atoms. The maximum atomic E-state index is 11.8. The maximum Gasteiger partial charge on any atom is 0.266 e. The van der Waals surface area contributed by atoms with Crippen LogP contribution >= 0.6 is 0 Å². The third-order valence-electron chi connectivity index (χ3n) is 3.39. The van der Waals surface area contributed by atoms with Gasteiger partial charge in [0, 0.05) is 18.5 Å². The van der Waals surface area contributed by atoms with Gasteiger partial charge in [0.15, 0.2) is 0 Å². The lowest BCUT2D eigenvalue weighted by Gasteiger charge is -2.17. The highest BCUT2D eigenvalue weighted by Gasteiger charge is 2.13. The van der Waals surface area contributed by atoms with Gasteiger partial charge in [0.2, 0.25) is 0 Å². The van der Waals surface area contributed by atoms with Crippen molar-refractivity contribution in [3.05, 3.63) is 28.2 Å². The lowest BCUT2D eigenvalue weighted by molar-refractivity contribution is 0.441. The van der Waals surface area contributed by atoms with Crippen LogP contribution in [0.4, 0.5) is 0 Å². The van der Waals surface area contributed by atoms with Crippen molar-refractivity contribution < 1.29 is 0 Å². The zero-order chi connectivity index (χ0) is 14.3. The first-order chi connectivity index (χ1) is 9.08. The van der Waals surface area contributed by atoms with Crippen molar-refractivity contribution in [2.24, 2.45) is 5.92 Å². The molecule has 3 heteroatoms. The normalized spacial score (nSPS) is 12.9. The highest BCUT2D eigenvalue weighted by molar-refractivity contribution is 5.07. The van der Waals surface area contributed by atoms with Gasteiger partial charge >= 0.3 is 0 Å². The summed E-state index contributed by atoms with van der Waals surface area (Å²) in [6.45, 7) is 9.36. The van der Waals surface area contributed by atoms with Crippen LogP contribution < -0.4 is 5.56 Å². The molecule has 1 unspecified atom stereocenters. The minimum Gasteiger partial charge on any atom is -0.268 e. The van der Waals surface area contributed by atoms with Gasteiger partial charge in [-0.3, -0.25) is 4.79 Å². The van der Waals surface area contributed by atoms with Gasteiger partial charge in [-0.15, -0.1) is 0 Å². The smallest absolute Gasteiger partial charge is 0.266 e. The molecular formula is C16H28N2O. The molecule has 1 aromatic rings. The highest BCUT2D eigenvalue weighted by Crippen LogP contribution is 2.24. The Balaban J connectivity index is 2.92. The van der Waals surface area contributed by atoms with Crippen molar-refractivity contribution in [2.75, 3.05) is 0 Å². The molecule has 1 aromatic heterocycles. The minimum absolute atomic E-state index is 0.0168. The van der Waals surface area contributed by atoms with Crippen LogP contribution in [0.3, 0.4) is 0 Å². The average Bonchev–Trinajstić information content (AvgIpc) is 2.37. The van der Waals surface area contributed by atoms with E-state index in [0.29, 0.717) is 18.4 Å². The van der Waals surface area contributed by atoms with Gasteiger partial charge < -0.3 is 0 Å². The molecule has 1 rings (SSSR count). The van der Waals surface area contributed by atoms with Crippen LogP contribution in [0.5, 0.6) is 0 Å².